The summed E-state index contributed by atoms with van der Waals surface area (Å²) in [5.41, 5.74) is -2.04. The molecular formula is C17H14Cl2F2N2O2. The Bertz CT molecular complexity index is 821. The highest BCUT2D eigenvalue weighted by Gasteiger charge is 2.37. The molecule has 25 heavy (non-hydrogen) atoms. The molecule has 0 fully saturated rings. The lowest BCUT2D eigenvalue weighted by atomic mass is 9.90. The molecule has 2 aromatic rings. The average molecular weight is 387 g/mol. The van der Waals surface area contributed by atoms with Crippen molar-refractivity contribution in [2.24, 2.45) is 5.41 Å². The van der Waals surface area contributed by atoms with Crippen LogP contribution in [0, 0.1) is 17.0 Å². The molecule has 8 heteroatoms. The molecule has 0 bridgehead atoms. The molecular weight excluding hydrogens is 373 g/mol. The van der Waals surface area contributed by atoms with E-state index in [-0.39, 0.29) is 15.7 Å². The van der Waals surface area contributed by atoms with Crippen LogP contribution in [0.4, 0.5) is 20.2 Å². The van der Waals surface area contributed by atoms with Crippen molar-refractivity contribution in [2.75, 3.05) is 10.6 Å². The van der Waals surface area contributed by atoms with Gasteiger partial charge in [0.05, 0.1) is 15.7 Å². The molecule has 132 valence electrons. The zero-order valence-electron chi connectivity index (χ0n) is 13.3. The van der Waals surface area contributed by atoms with Gasteiger partial charge in [-0.15, -0.1) is 0 Å². The molecule has 0 aliphatic rings. The Morgan fingerprint density at radius 1 is 0.920 bits per heavy atom. The van der Waals surface area contributed by atoms with Gasteiger partial charge in [-0.25, -0.2) is 8.78 Å². The summed E-state index contributed by atoms with van der Waals surface area (Å²) in [5.74, 6) is -3.48. The SMILES string of the molecule is CC(C)(C(=O)Nc1cccc(Cl)c1Cl)C(=O)Nc1c(F)cccc1F. The summed E-state index contributed by atoms with van der Waals surface area (Å²) in [7, 11) is 0. The fourth-order valence-corrected chi connectivity index (χ4v) is 2.22. The molecule has 0 saturated heterocycles. The number of carbonyl (C=O) groups is 2. The van der Waals surface area contributed by atoms with Gasteiger partial charge < -0.3 is 10.6 Å². The van der Waals surface area contributed by atoms with Crippen molar-refractivity contribution in [3.8, 4) is 0 Å². The van der Waals surface area contributed by atoms with Crippen molar-refractivity contribution in [2.45, 2.75) is 13.8 Å². The molecule has 0 atom stereocenters. The van der Waals surface area contributed by atoms with E-state index >= 15 is 0 Å². The first-order valence-electron chi connectivity index (χ1n) is 7.15. The monoisotopic (exact) mass is 386 g/mol. The van der Waals surface area contributed by atoms with Crippen LogP contribution in [0.2, 0.25) is 10.0 Å². The first-order chi connectivity index (χ1) is 11.6. The molecule has 0 spiro atoms. The number of rotatable bonds is 4. The van der Waals surface area contributed by atoms with Crippen molar-refractivity contribution in [3.63, 3.8) is 0 Å². The summed E-state index contributed by atoms with van der Waals surface area (Å²) in [6, 6.07) is 7.79. The van der Waals surface area contributed by atoms with Crippen LogP contribution >= 0.6 is 23.2 Å². The number of benzene rings is 2. The van der Waals surface area contributed by atoms with E-state index in [2.05, 4.69) is 10.6 Å². The molecule has 0 aliphatic carbocycles. The zero-order chi connectivity index (χ0) is 18.8. The van der Waals surface area contributed by atoms with Crippen LogP contribution in [0.5, 0.6) is 0 Å². The maximum absolute atomic E-state index is 13.7. The van der Waals surface area contributed by atoms with Crippen LogP contribution in [-0.4, -0.2) is 11.8 Å². The van der Waals surface area contributed by atoms with Gasteiger partial charge in [-0.2, -0.15) is 0 Å². The Morgan fingerprint density at radius 2 is 1.44 bits per heavy atom. The number of para-hydroxylation sites is 1. The van der Waals surface area contributed by atoms with Crippen LogP contribution in [0.25, 0.3) is 0 Å². The number of carbonyl (C=O) groups excluding carboxylic acids is 2. The lowest BCUT2D eigenvalue weighted by Gasteiger charge is -2.23. The fourth-order valence-electron chi connectivity index (χ4n) is 1.87. The normalized spacial score (nSPS) is 11.1. The third-order valence-corrected chi connectivity index (χ3v) is 4.36. The molecule has 0 unspecified atom stereocenters. The minimum Gasteiger partial charge on any atom is -0.324 e. The summed E-state index contributed by atoms with van der Waals surface area (Å²) in [5, 5.41) is 4.94. The Balaban J connectivity index is 2.20. The van der Waals surface area contributed by atoms with Crippen LogP contribution in [-0.2, 0) is 9.59 Å². The maximum atomic E-state index is 13.7. The number of amides is 2. The number of halogens is 4. The van der Waals surface area contributed by atoms with Crippen LogP contribution in [0.1, 0.15) is 13.8 Å². The summed E-state index contributed by atoms with van der Waals surface area (Å²) >= 11 is 11.9. The summed E-state index contributed by atoms with van der Waals surface area (Å²) in [6.07, 6.45) is 0. The van der Waals surface area contributed by atoms with Crippen LogP contribution in [0.15, 0.2) is 36.4 Å². The second-order valence-electron chi connectivity index (χ2n) is 5.73. The molecule has 2 amide bonds. The van der Waals surface area contributed by atoms with Gasteiger partial charge in [0, 0.05) is 0 Å². The number of hydrogen-bond acceptors (Lipinski definition) is 2. The number of anilines is 2. The Labute approximate surface area is 153 Å². The maximum Gasteiger partial charge on any atom is 0.239 e. The van der Waals surface area contributed by atoms with Crippen molar-refractivity contribution < 1.29 is 18.4 Å². The molecule has 0 radical (unpaired) electrons. The molecule has 0 aliphatic heterocycles. The molecule has 0 saturated carbocycles. The highest BCUT2D eigenvalue weighted by Crippen LogP contribution is 2.31. The van der Waals surface area contributed by atoms with Gasteiger partial charge in [0.25, 0.3) is 0 Å². The summed E-state index contributed by atoms with van der Waals surface area (Å²) < 4.78 is 27.3. The van der Waals surface area contributed by atoms with Crippen LogP contribution in [0.3, 0.4) is 0 Å². The van der Waals surface area contributed by atoms with Gasteiger partial charge in [0.15, 0.2) is 0 Å². The predicted octanol–water partition coefficient (Wildman–Crippen LogP) is 4.88. The second kappa shape index (κ2) is 7.37. The smallest absolute Gasteiger partial charge is 0.239 e. The van der Waals surface area contributed by atoms with E-state index in [0.29, 0.717) is 0 Å². The minimum atomic E-state index is -1.64. The molecule has 2 N–H and O–H groups in total. The van der Waals surface area contributed by atoms with Gasteiger partial charge >= 0.3 is 0 Å². The van der Waals surface area contributed by atoms with E-state index < -0.39 is 34.6 Å². The molecule has 2 aromatic carbocycles. The molecule has 0 aromatic heterocycles. The topological polar surface area (TPSA) is 58.2 Å². The molecule has 4 nitrogen and oxygen atoms in total. The quantitative estimate of drug-likeness (QED) is 0.735. The predicted molar refractivity (Wildman–Crippen MR) is 93.9 cm³/mol. The van der Waals surface area contributed by atoms with Crippen LogP contribution < -0.4 is 10.6 Å². The number of hydrogen-bond donors (Lipinski definition) is 2. The van der Waals surface area contributed by atoms with Crippen molar-refractivity contribution in [3.05, 3.63) is 58.1 Å². The van der Waals surface area contributed by atoms with Crippen molar-refractivity contribution in [1.29, 1.82) is 0 Å². The third kappa shape index (κ3) is 4.08. The molecule has 0 heterocycles. The molecule has 2 rings (SSSR count). The zero-order valence-corrected chi connectivity index (χ0v) is 14.8. The Hall–Kier alpha value is -2.18. The van der Waals surface area contributed by atoms with E-state index in [4.69, 9.17) is 23.2 Å². The van der Waals surface area contributed by atoms with E-state index in [0.717, 1.165) is 12.1 Å². The average Bonchev–Trinajstić information content (AvgIpc) is 2.55. The highest BCUT2D eigenvalue weighted by atomic mass is 35.5. The Morgan fingerprint density at radius 3 is 2.04 bits per heavy atom. The third-order valence-electron chi connectivity index (χ3n) is 3.54. The highest BCUT2D eigenvalue weighted by molar-refractivity contribution is 6.44. The first kappa shape index (κ1) is 19.1. The fraction of sp³-hybridized carbons (Fsp3) is 0.176. The number of nitrogens with one attached hydrogen (secondary N) is 2. The van der Waals surface area contributed by atoms with Gasteiger partial charge in [0.1, 0.15) is 22.7 Å². The second-order valence-corrected chi connectivity index (χ2v) is 6.52. The van der Waals surface area contributed by atoms with Gasteiger partial charge in [0.2, 0.25) is 11.8 Å². The Kier molecular flexibility index (Phi) is 5.65. The van der Waals surface area contributed by atoms with Crippen molar-refractivity contribution in [1.82, 2.24) is 0 Å². The van der Waals surface area contributed by atoms with Gasteiger partial charge in [-0.3, -0.25) is 9.59 Å². The summed E-state index contributed by atoms with van der Waals surface area (Å²) in [6.45, 7) is 2.63. The van der Waals surface area contributed by atoms with Crippen molar-refractivity contribution >= 4 is 46.4 Å². The summed E-state index contributed by atoms with van der Waals surface area (Å²) in [4.78, 5) is 24.8. The van der Waals surface area contributed by atoms with E-state index in [1.165, 1.54) is 26.0 Å². The standard InChI is InChI=1S/C17H14Cl2F2N2O2/c1-17(2,15(24)22-12-8-3-5-9(18)13(12)19)16(25)23-14-10(20)6-4-7-11(14)21/h3-8H,1-2H3,(H,22,24)(H,23,25). The van der Waals surface area contributed by atoms with E-state index in [1.807, 2.05) is 0 Å². The van der Waals surface area contributed by atoms with Gasteiger partial charge in [-0.1, -0.05) is 35.3 Å². The first-order valence-corrected chi connectivity index (χ1v) is 7.91. The van der Waals surface area contributed by atoms with Gasteiger partial charge in [-0.05, 0) is 38.1 Å². The van der Waals surface area contributed by atoms with E-state index in [9.17, 15) is 18.4 Å². The lowest BCUT2D eigenvalue weighted by molar-refractivity contribution is -0.135. The largest absolute Gasteiger partial charge is 0.324 e. The minimum absolute atomic E-state index is 0.119. The lowest BCUT2D eigenvalue weighted by Crippen LogP contribution is -2.42. The van der Waals surface area contributed by atoms with E-state index in [1.54, 1.807) is 12.1 Å².